The van der Waals surface area contributed by atoms with Crippen molar-refractivity contribution in [1.82, 2.24) is 4.90 Å². The monoisotopic (exact) mass is 352 g/mol. The molecule has 0 aliphatic carbocycles. The molecule has 1 saturated heterocycles. The van der Waals surface area contributed by atoms with Gasteiger partial charge in [0, 0.05) is 17.9 Å². The first-order chi connectivity index (χ1) is 11.0. The van der Waals surface area contributed by atoms with E-state index in [1.54, 1.807) is 18.9 Å². The van der Waals surface area contributed by atoms with Crippen LogP contribution < -0.4 is 4.74 Å². The van der Waals surface area contributed by atoms with Crippen LogP contribution in [-0.4, -0.2) is 40.5 Å². The third-order valence-electron chi connectivity index (χ3n) is 3.47. The van der Waals surface area contributed by atoms with Crippen LogP contribution in [0.3, 0.4) is 0 Å². The van der Waals surface area contributed by atoms with Gasteiger partial charge in [0.2, 0.25) is 0 Å². The van der Waals surface area contributed by atoms with Gasteiger partial charge in [-0.3, -0.25) is 14.7 Å². The van der Waals surface area contributed by atoms with Crippen molar-refractivity contribution in [2.75, 3.05) is 25.2 Å². The molecule has 0 bridgehead atoms. The first kappa shape index (κ1) is 18.2. The van der Waals surface area contributed by atoms with Crippen LogP contribution >= 0.6 is 23.5 Å². The molecule has 1 fully saturated rings. The highest BCUT2D eigenvalue weighted by Crippen LogP contribution is 2.33. The lowest BCUT2D eigenvalue weighted by molar-refractivity contribution is 0.229. The molecule has 4 nitrogen and oxygen atoms in total. The van der Waals surface area contributed by atoms with Crippen LogP contribution in [0.2, 0.25) is 0 Å². The minimum Gasteiger partial charge on any atom is -0.496 e. The van der Waals surface area contributed by atoms with Crippen molar-refractivity contribution in [1.29, 1.82) is 0 Å². The fourth-order valence-electron chi connectivity index (χ4n) is 2.34. The van der Waals surface area contributed by atoms with E-state index >= 15 is 0 Å². The van der Waals surface area contributed by atoms with Gasteiger partial charge in [-0.05, 0) is 17.2 Å². The van der Waals surface area contributed by atoms with Gasteiger partial charge < -0.3 is 4.74 Å². The van der Waals surface area contributed by atoms with Gasteiger partial charge in [0.05, 0.1) is 13.7 Å². The third kappa shape index (κ3) is 4.91. The van der Waals surface area contributed by atoms with Gasteiger partial charge in [-0.1, -0.05) is 62.5 Å². The van der Waals surface area contributed by atoms with Crippen LogP contribution in [0.15, 0.2) is 29.3 Å². The zero-order valence-electron chi connectivity index (χ0n) is 14.2. The minimum atomic E-state index is 0.0894. The number of benzene rings is 1. The number of thioether (sulfide) groups is 2. The van der Waals surface area contributed by atoms with Crippen molar-refractivity contribution in [2.24, 2.45) is 10.4 Å². The maximum absolute atomic E-state index is 12.4. The number of carbonyl (C=O) groups is 1. The minimum absolute atomic E-state index is 0.0894. The Labute approximate surface area is 147 Å². The standard InChI is InChI=1S/C17H24N2O2S2/c1-5-22-16(20)19-11-17(2,3)12-23-15(19)18-10-13-8-6-7-9-14(13)21-4/h6-9H,5,10-12H2,1-4H3. The molecule has 0 unspecified atom stereocenters. The van der Waals surface area contributed by atoms with Crippen LogP contribution in [0.4, 0.5) is 4.79 Å². The highest BCUT2D eigenvalue weighted by atomic mass is 32.2. The van der Waals surface area contributed by atoms with Crippen molar-refractivity contribution in [3.8, 4) is 5.75 Å². The molecule has 0 atom stereocenters. The van der Waals surface area contributed by atoms with Crippen molar-refractivity contribution in [3.63, 3.8) is 0 Å². The molecule has 6 heteroatoms. The molecule has 2 rings (SSSR count). The largest absolute Gasteiger partial charge is 0.496 e. The first-order valence-corrected chi connectivity index (χ1v) is 9.67. The maximum Gasteiger partial charge on any atom is 0.287 e. The summed E-state index contributed by atoms with van der Waals surface area (Å²) in [6, 6.07) is 7.86. The number of amidine groups is 1. The summed E-state index contributed by atoms with van der Waals surface area (Å²) < 4.78 is 5.37. The van der Waals surface area contributed by atoms with E-state index in [1.165, 1.54) is 11.8 Å². The summed E-state index contributed by atoms with van der Waals surface area (Å²) in [5, 5.41) is 0.910. The van der Waals surface area contributed by atoms with Crippen molar-refractivity contribution in [3.05, 3.63) is 29.8 Å². The molecule has 126 valence electrons. The summed E-state index contributed by atoms with van der Waals surface area (Å²) in [6.45, 7) is 7.61. The lowest BCUT2D eigenvalue weighted by atomic mass is 9.96. The number of para-hydroxylation sites is 1. The summed E-state index contributed by atoms with van der Waals surface area (Å²) in [5.41, 5.74) is 1.14. The second-order valence-corrected chi connectivity index (χ2v) is 8.31. The summed E-state index contributed by atoms with van der Waals surface area (Å²) in [7, 11) is 1.66. The Morgan fingerprint density at radius 2 is 2.17 bits per heavy atom. The highest BCUT2D eigenvalue weighted by Gasteiger charge is 2.34. The Morgan fingerprint density at radius 1 is 1.43 bits per heavy atom. The van der Waals surface area contributed by atoms with Gasteiger partial charge in [-0.15, -0.1) is 0 Å². The topological polar surface area (TPSA) is 41.9 Å². The lowest BCUT2D eigenvalue weighted by Gasteiger charge is -2.37. The zero-order chi connectivity index (χ0) is 16.9. The quantitative estimate of drug-likeness (QED) is 0.800. The van der Waals surface area contributed by atoms with Gasteiger partial charge in [-0.2, -0.15) is 0 Å². The van der Waals surface area contributed by atoms with Crippen LogP contribution in [-0.2, 0) is 6.54 Å². The summed E-state index contributed by atoms with van der Waals surface area (Å²) >= 11 is 3.01. The number of methoxy groups -OCH3 is 1. The number of rotatable bonds is 4. The summed E-state index contributed by atoms with van der Waals surface area (Å²) in [4.78, 5) is 18.9. The third-order valence-corrected chi connectivity index (χ3v) is 5.76. The fraction of sp³-hybridized carbons (Fsp3) is 0.529. The predicted octanol–water partition coefficient (Wildman–Crippen LogP) is 4.50. The van der Waals surface area contributed by atoms with Crippen molar-refractivity contribution in [2.45, 2.75) is 27.3 Å². The highest BCUT2D eigenvalue weighted by molar-refractivity contribution is 8.15. The molecule has 0 saturated carbocycles. The predicted molar refractivity (Wildman–Crippen MR) is 101 cm³/mol. The molecular weight excluding hydrogens is 328 g/mol. The van der Waals surface area contributed by atoms with Crippen LogP contribution in [0, 0.1) is 5.41 Å². The summed E-state index contributed by atoms with van der Waals surface area (Å²) in [5.74, 6) is 2.58. The Kier molecular flexibility index (Phi) is 6.41. The van der Waals surface area contributed by atoms with E-state index in [2.05, 4.69) is 13.8 Å². The summed E-state index contributed by atoms with van der Waals surface area (Å²) in [6.07, 6.45) is 0. The maximum atomic E-state index is 12.4. The number of ether oxygens (including phenoxy) is 1. The number of aliphatic imine (C=N–C) groups is 1. The number of amides is 1. The molecule has 0 spiro atoms. The van der Waals surface area contributed by atoms with Gasteiger partial charge >= 0.3 is 0 Å². The van der Waals surface area contributed by atoms with E-state index in [0.29, 0.717) is 6.54 Å². The average molecular weight is 353 g/mol. The second-order valence-electron chi connectivity index (χ2n) is 6.15. The molecule has 1 heterocycles. The second kappa shape index (κ2) is 8.11. The fourth-order valence-corrected chi connectivity index (χ4v) is 4.02. The van der Waals surface area contributed by atoms with Crippen LogP contribution in [0.1, 0.15) is 26.3 Å². The SMILES string of the molecule is CCSC(=O)N1CC(C)(C)CSC1=NCc1ccccc1OC. The van der Waals surface area contributed by atoms with Crippen LogP contribution in [0.25, 0.3) is 0 Å². The number of carbonyl (C=O) groups excluding carboxylic acids is 1. The molecule has 0 aromatic heterocycles. The Hall–Kier alpha value is -1.14. The number of hydrogen-bond acceptors (Lipinski definition) is 5. The van der Waals surface area contributed by atoms with E-state index in [-0.39, 0.29) is 10.7 Å². The van der Waals surface area contributed by atoms with Crippen molar-refractivity contribution >= 4 is 33.9 Å². The Balaban J connectivity index is 2.19. The van der Waals surface area contributed by atoms with E-state index < -0.39 is 0 Å². The van der Waals surface area contributed by atoms with E-state index in [9.17, 15) is 4.79 Å². The molecule has 1 amide bonds. The lowest BCUT2D eigenvalue weighted by Crippen LogP contribution is -2.45. The molecule has 23 heavy (non-hydrogen) atoms. The molecule has 1 aliphatic heterocycles. The molecule has 1 aromatic rings. The molecule has 1 aliphatic rings. The number of hydrogen-bond donors (Lipinski definition) is 0. The smallest absolute Gasteiger partial charge is 0.287 e. The molecule has 0 N–H and O–H groups in total. The number of nitrogens with zero attached hydrogens (tertiary/aromatic N) is 2. The molecule has 0 radical (unpaired) electrons. The normalized spacial score (nSPS) is 19.0. The average Bonchev–Trinajstić information content (AvgIpc) is 2.53. The van der Waals surface area contributed by atoms with Gasteiger partial charge in [-0.25, -0.2) is 0 Å². The van der Waals surface area contributed by atoms with Gasteiger partial charge in [0.15, 0.2) is 5.17 Å². The molecular formula is C17H24N2O2S2. The Morgan fingerprint density at radius 3 is 2.87 bits per heavy atom. The van der Waals surface area contributed by atoms with Crippen LogP contribution in [0.5, 0.6) is 5.75 Å². The zero-order valence-corrected chi connectivity index (χ0v) is 15.8. The van der Waals surface area contributed by atoms with Gasteiger partial charge in [0.25, 0.3) is 5.24 Å². The first-order valence-electron chi connectivity index (χ1n) is 7.70. The van der Waals surface area contributed by atoms with E-state index in [1.807, 2.05) is 36.1 Å². The van der Waals surface area contributed by atoms with Crippen molar-refractivity contribution < 1.29 is 9.53 Å². The molecule has 1 aromatic carbocycles. The Bertz CT molecular complexity index is 588. The van der Waals surface area contributed by atoms with E-state index in [0.717, 1.165) is 34.5 Å². The van der Waals surface area contributed by atoms with Gasteiger partial charge in [0.1, 0.15) is 5.75 Å². The van der Waals surface area contributed by atoms with E-state index in [4.69, 9.17) is 9.73 Å².